The zero-order valence-corrected chi connectivity index (χ0v) is 12.4. The summed E-state index contributed by atoms with van der Waals surface area (Å²) in [6.07, 6.45) is 0.0196. The summed E-state index contributed by atoms with van der Waals surface area (Å²) in [6, 6.07) is 3.33. The zero-order valence-electron chi connectivity index (χ0n) is 11.6. The van der Waals surface area contributed by atoms with E-state index in [0.29, 0.717) is 18.8 Å². The molecule has 112 valence electrons. The van der Waals surface area contributed by atoms with Crippen molar-refractivity contribution < 1.29 is 9.66 Å². The Labute approximate surface area is 125 Å². The molecule has 1 aliphatic rings. The van der Waals surface area contributed by atoms with Crippen LogP contribution in [0.2, 0.25) is 0 Å². The second-order valence-electron chi connectivity index (χ2n) is 4.90. The molecular formula is C13H16N4O3S. The molecule has 0 bridgehead atoms. The van der Waals surface area contributed by atoms with Crippen molar-refractivity contribution >= 4 is 32.9 Å². The molecule has 1 atom stereocenters. The fraction of sp³-hybridized carbons (Fsp3) is 0.462. The van der Waals surface area contributed by atoms with Gasteiger partial charge in [-0.3, -0.25) is 10.1 Å². The summed E-state index contributed by atoms with van der Waals surface area (Å²) in [5, 5.41) is 18.5. The van der Waals surface area contributed by atoms with E-state index in [9.17, 15) is 10.1 Å². The van der Waals surface area contributed by atoms with Crippen molar-refractivity contribution in [1.29, 1.82) is 0 Å². The highest BCUT2D eigenvalue weighted by atomic mass is 32.1. The molecular weight excluding hydrogens is 292 g/mol. The van der Waals surface area contributed by atoms with Crippen molar-refractivity contribution in [3.8, 4) is 0 Å². The van der Waals surface area contributed by atoms with Crippen LogP contribution in [0, 0.1) is 17.0 Å². The van der Waals surface area contributed by atoms with E-state index in [1.807, 2.05) is 6.92 Å². The Morgan fingerprint density at radius 1 is 1.62 bits per heavy atom. The van der Waals surface area contributed by atoms with Crippen LogP contribution >= 0.6 is 11.3 Å². The molecule has 8 heteroatoms. The lowest BCUT2D eigenvalue weighted by Crippen LogP contribution is -2.42. The van der Waals surface area contributed by atoms with E-state index in [4.69, 9.17) is 4.74 Å². The van der Waals surface area contributed by atoms with E-state index in [1.54, 1.807) is 12.1 Å². The van der Waals surface area contributed by atoms with Gasteiger partial charge < -0.3 is 15.4 Å². The number of fused-ring (bicyclic) bond motifs is 1. The minimum atomic E-state index is -0.364. The third-order valence-electron chi connectivity index (χ3n) is 3.33. The molecule has 0 radical (unpaired) electrons. The topological polar surface area (TPSA) is 89.3 Å². The molecule has 1 aromatic heterocycles. The van der Waals surface area contributed by atoms with Gasteiger partial charge in [-0.2, -0.15) is 0 Å². The number of anilines is 1. The molecule has 2 heterocycles. The fourth-order valence-electron chi connectivity index (χ4n) is 2.35. The smallest absolute Gasteiger partial charge is 0.293 e. The molecule has 0 amide bonds. The van der Waals surface area contributed by atoms with Crippen LogP contribution in [0.3, 0.4) is 0 Å². The maximum atomic E-state index is 11.2. The highest BCUT2D eigenvalue weighted by Gasteiger charge is 2.19. The SMILES string of the molecule is Cc1nc2cc(NCC3CNCCO3)c([N+](=O)[O-])cc2s1. The predicted octanol–water partition coefficient (Wildman–Crippen LogP) is 1.91. The molecule has 7 nitrogen and oxygen atoms in total. The van der Waals surface area contributed by atoms with Crippen LogP contribution in [0.4, 0.5) is 11.4 Å². The molecule has 1 fully saturated rings. The van der Waals surface area contributed by atoms with Crippen LogP contribution in [0.1, 0.15) is 5.01 Å². The number of aryl methyl sites for hydroxylation is 1. The van der Waals surface area contributed by atoms with Crippen molar-refractivity contribution in [3.05, 3.63) is 27.3 Å². The normalized spacial score (nSPS) is 18.8. The Kier molecular flexibility index (Phi) is 4.00. The van der Waals surface area contributed by atoms with Crippen molar-refractivity contribution in [1.82, 2.24) is 10.3 Å². The minimum Gasteiger partial charge on any atom is -0.377 e. The molecule has 0 aliphatic carbocycles. The molecule has 1 aromatic carbocycles. The highest BCUT2D eigenvalue weighted by molar-refractivity contribution is 7.18. The number of thiazole rings is 1. The number of nitrogens with zero attached hydrogens (tertiary/aromatic N) is 2. The number of ether oxygens (including phenoxy) is 1. The van der Waals surface area contributed by atoms with Crippen LogP contribution in [0.15, 0.2) is 12.1 Å². The first-order chi connectivity index (χ1) is 10.1. The van der Waals surface area contributed by atoms with Gasteiger partial charge in [0.2, 0.25) is 0 Å². The number of nitro groups is 1. The number of benzene rings is 1. The second kappa shape index (κ2) is 5.92. The van der Waals surface area contributed by atoms with Crippen molar-refractivity contribution in [2.45, 2.75) is 13.0 Å². The predicted molar refractivity (Wildman–Crippen MR) is 82.1 cm³/mol. The highest BCUT2D eigenvalue weighted by Crippen LogP contribution is 2.32. The summed E-state index contributed by atoms with van der Waals surface area (Å²) in [5.41, 5.74) is 1.36. The van der Waals surface area contributed by atoms with E-state index in [2.05, 4.69) is 15.6 Å². The van der Waals surface area contributed by atoms with Gasteiger partial charge in [0.25, 0.3) is 5.69 Å². The van der Waals surface area contributed by atoms with Gasteiger partial charge in [0.15, 0.2) is 0 Å². The van der Waals surface area contributed by atoms with Gasteiger partial charge in [0.05, 0.1) is 32.9 Å². The van der Waals surface area contributed by atoms with Gasteiger partial charge in [0, 0.05) is 25.7 Å². The summed E-state index contributed by atoms with van der Waals surface area (Å²) in [4.78, 5) is 15.2. The summed E-state index contributed by atoms with van der Waals surface area (Å²) in [7, 11) is 0. The Balaban J connectivity index is 1.84. The van der Waals surface area contributed by atoms with Crippen LogP contribution in [-0.2, 0) is 4.74 Å². The van der Waals surface area contributed by atoms with Gasteiger partial charge in [-0.05, 0) is 13.0 Å². The maximum Gasteiger partial charge on any atom is 0.293 e. The number of aromatic nitrogens is 1. The van der Waals surface area contributed by atoms with Gasteiger partial charge in [-0.1, -0.05) is 0 Å². The van der Waals surface area contributed by atoms with Crippen LogP contribution < -0.4 is 10.6 Å². The van der Waals surface area contributed by atoms with Crippen LogP contribution in [0.5, 0.6) is 0 Å². The maximum absolute atomic E-state index is 11.2. The Morgan fingerprint density at radius 2 is 2.48 bits per heavy atom. The van der Waals surface area contributed by atoms with E-state index in [1.165, 1.54) is 11.3 Å². The first kappa shape index (κ1) is 14.2. The standard InChI is InChI=1S/C13H16N4O3S/c1-8-16-11-4-10(12(17(18)19)5-13(11)21-8)15-7-9-6-14-2-3-20-9/h4-5,9,14-15H,2-3,6-7H2,1H3. The monoisotopic (exact) mass is 308 g/mol. The first-order valence-corrected chi connectivity index (χ1v) is 7.57. The van der Waals surface area contributed by atoms with E-state index < -0.39 is 0 Å². The number of nitro benzene ring substituents is 1. The molecule has 3 rings (SSSR count). The van der Waals surface area contributed by atoms with Gasteiger partial charge in [-0.25, -0.2) is 4.98 Å². The lowest BCUT2D eigenvalue weighted by molar-refractivity contribution is -0.383. The van der Waals surface area contributed by atoms with Gasteiger partial charge in [0.1, 0.15) is 5.69 Å². The van der Waals surface area contributed by atoms with Crippen molar-refractivity contribution in [2.24, 2.45) is 0 Å². The van der Waals surface area contributed by atoms with E-state index in [-0.39, 0.29) is 16.7 Å². The lowest BCUT2D eigenvalue weighted by Gasteiger charge is -2.24. The zero-order chi connectivity index (χ0) is 14.8. The van der Waals surface area contributed by atoms with Gasteiger partial charge in [-0.15, -0.1) is 11.3 Å². The average Bonchev–Trinajstić information content (AvgIpc) is 2.84. The van der Waals surface area contributed by atoms with Crippen LogP contribution in [-0.4, -0.2) is 42.3 Å². The van der Waals surface area contributed by atoms with Crippen LogP contribution in [0.25, 0.3) is 10.2 Å². The largest absolute Gasteiger partial charge is 0.377 e. The molecule has 2 aromatic rings. The molecule has 1 unspecified atom stereocenters. The molecule has 2 N–H and O–H groups in total. The summed E-state index contributed by atoms with van der Waals surface area (Å²) in [5.74, 6) is 0. The number of nitrogens with one attached hydrogen (secondary N) is 2. The molecule has 1 saturated heterocycles. The second-order valence-corrected chi connectivity index (χ2v) is 6.14. The molecule has 0 saturated carbocycles. The van der Waals surface area contributed by atoms with Crippen molar-refractivity contribution in [3.63, 3.8) is 0 Å². The summed E-state index contributed by atoms with van der Waals surface area (Å²) < 4.78 is 6.42. The van der Waals surface area contributed by atoms with E-state index in [0.717, 1.165) is 28.3 Å². The molecule has 1 aliphatic heterocycles. The Bertz CT molecular complexity index is 667. The number of hydrogen-bond acceptors (Lipinski definition) is 7. The fourth-order valence-corrected chi connectivity index (χ4v) is 3.19. The van der Waals surface area contributed by atoms with Crippen molar-refractivity contribution in [2.75, 3.05) is 31.6 Å². The number of morpholine rings is 1. The average molecular weight is 308 g/mol. The Morgan fingerprint density at radius 3 is 3.19 bits per heavy atom. The molecule has 0 spiro atoms. The lowest BCUT2D eigenvalue weighted by atomic mass is 10.2. The van der Waals surface area contributed by atoms with Gasteiger partial charge >= 0.3 is 0 Å². The quantitative estimate of drug-likeness (QED) is 0.662. The first-order valence-electron chi connectivity index (χ1n) is 6.75. The minimum absolute atomic E-state index is 0.0196. The summed E-state index contributed by atoms with van der Waals surface area (Å²) in [6.45, 7) is 4.69. The third-order valence-corrected chi connectivity index (χ3v) is 4.27. The number of hydrogen-bond donors (Lipinski definition) is 2. The molecule has 21 heavy (non-hydrogen) atoms. The number of rotatable bonds is 4. The third kappa shape index (κ3) is 3.12. The Hall–Kier alpha value is -1.77. The van der Waals surface area contributed by atoms with E-state index >= 15 is 0 Å². The summed E-state index contributed by atoms with van der Waals surface area (Å²) >= 11 is 1.46.